The number of aromatic hydroxyl groups is 1. The number of nitrogens with zero attached hydrogens (tertiary/aromatic N) is 2. The number of pyridine rings is 1. The van der Waals surface area contributed by atoms with E-state index in [4.69, 9.17) is 18.9 Å². The number of benzene rings is 3. The summed E-state index contributed by atoms with van der Waals surface area (Å²) >= 11 is 0. The fourth-order valence-electron chi connectivity index (χ4n) is 7.55. The smallest absolute Gasteiger partial charge is 0.407 e. The van der Waals surface area contributed by atoms with Gasteiger partial charge in [0.1, 0.15) is 11.4 Å². The number of carbonyl (C=O) groups excluding carboxylic acids is 3. The van der Waals surface area contributed by atoms with E-state index in [1.807, 2.05) is 45.2 Å². The Labute approximate surface area is 354 Å². The first-order valence-corrected chi connectivity index (χ1v) is 20.8. The van der Waals surface area contributed by atoms with Crippen LogP contribution in [0.5, 0.6) is 5.75 Å². The number of alkyl carbamates (subject to hydrolysis) is 1. The molecule has 1 aliphatic heterocycles. The van der Waals surface area contributed by atoms with Crippen molar-refractivity contribution in [1.29, 1.82) is 0 Å². The number of fused-ring (bicyclic) bond motifs is 3. The predicted octanol–water partition coefficient (Wildman–Crippen LogP) is 6.58. The average Bonchev–Trinajstić information content (AvgIpc) is 3.90. The summed E-state index contributed by atoms with van der Waals surface area (Å²) < 4.78 is 23.9. The SMILES string of the molecule is CC(C)(C)OC(=O)NCCOCCOCCOCCNC(=O)c1ccnc(Cn2ccc3ccc(CCCc4[nH]c5ccccc5c4C4NC(=O)c5ccc(O)cc54)cc32)c1. The molecule has 0 saturated heterocycles. The normalized spacial score (nSPS) is 13.7. The highest BCUT2D eigenvalue weighted by atomic mass is 16.6. The van der Waals surface area contributed by atoms with Crippen molar-refractivity contribution in [3.63, 3.8) is 0 Å². The van der Waals surface area contributed by atoms with Gasteiger partial charge in [-0.05, 0) is 105 Å². The van der Waals surface area contributed by atoms with Gasteiger partial charge in [-0.2, -0.15) is 0 Å². The molecule has 320 valence electrons. The Morgan fingerprint density at radius 2 is 1.61 bits per heavy atom. The topological polar surface area (TPSA) is 178 Å². The van der Waals surface area contributed by atoms with Crippen molar-refractivity contribution in [2.75, 3.05) is 52.7 Å². The van der Waals surface area contributed by atoms with Crippen LogP contribution in [0.3, 0.4) is 0 Å². The van der Waals surface area contributed by atoms with Gasteiger partial charge in [-0.15, -0.1) is 0 Å². The lowest BCUT2D eigenvalue weighted by molar-refractivity contribution is 0.0145. The first kappa shape index (κ1) is 42.9. The zero-order valence-electron chi connectivity index (χ0n) is 34.9. The Hall–Kier alpha value is -6.22. The molecule has 0 spiro atoms. The van der Waals surface area contributed by atoms with E-state index in [0.717, 1.165) is 63.6 Å². The van der Waals surface area contributed by atoms with Gasteiger partial charge in [-0.1, -0.05) is 30.3 Å². The van der Waals surface area contributed by atoms with Crippen LogP contribution in [0.4, 0.5) is 4.79 Å². The molecule has 3 amide bonds. The molecule has 5 N–H and O–H groups in total. The molecule has 0 bridgehead atoms. The number of hydrogen-bond donors (Lipinski definition) is 5. The number of phenolic OH excluding ortho intramolecular Hbond substituents is 1. The molecule has 0 radical (unpaired) electrons. The lowest BCUT2D eigenvalue weighted by Crippen LogP contribution is -2.34. The molecule has 61 heavy (non-hydrogen) atoms. The number of carbonyl (C=O) groups is 3. The van der Waals surface area contributed by atoms with Crippen LogP contribution in [0.25, 0.3) is 21.8 Å². The number of para-hydroxylation sites is 1. The van der Waals surface area contributed by atoms with E-state index in [1.54, 1.807) is 30.5 Å². The predicted molar refractivity (Wildman–Crippen MR) is 232 cm³/mol. The van der Waals surface area contributed by atoms with Crippen LogP contribution in [0.2, 0.25) is 0 Å². The molecule has 1 aliphatic rings. The maximum Gasteiger partial charge on any atom is 0.407 e. The van der Waals surface area contributed by atoms with Gasteiger partial charge in [0, 0.05) is 64.3 Å². The summed E-state index contributed by atoms with van der Waals surface area (Å²) in [4.78, 5) is 45.7. The maximum atomic E-state index is 13.0. The molecule has 3 aromatic carbocycles. The number of aromatic amines is 1. The third-order valence-electron chi connectivity index (χ3n) is 10.3. The molecule has 1 unspecified atom stereocenters. The summed E-state index contributed by atoms with van der Waals surface area (Å²) in [6.45, 7) is 8.92. The number of hydrogen-bond acceptors (Lipinski definition) is 9. The van der Waals surface area contributed by atoms with E-state index in [1.165, 1.54) is 5.56 Å². The third-order valence-corrected chi connectivity index (χ3v) is 10.3. The highest BCUT2D eigenvalue weighted by Gasteiger charge is 2.33. The number of amides is 3. The van der Waals surface area contributed by atoms with E-state index >= 15 is 0 Å². The molecule has 1 atom stereocenters. The van der Waals surface area contributed by atoms with Crippen molar-refractivity contribution < 1.29 is 38.4 Å². The molecular weight excluding hydrogens is 777 g/mol. The summed E-state index contributed by atoms with van der Waals surface area (Å²) in [6, 6.07) is 24.9. The molecule has 0 saturated carbocycles. The van der Waals surface area contributed by atoms with Crippen LogP contribution in [-0.4, -0.2) is 95.9 Å². The van der Waals surface area contributed by atoms with Gasteiger partial charge in [0.2, 0.25) is 0 Å². The highest BCUT2D eigenvalue weighted by molar-refractivity contribution is 6.01. The van der Waals surface area contributed by atoms with Crippen molar-refractivity contribution in [2.24, 2.45) is 0 Å². The largest absolute Gasteiger partial charge is 0.508 e. The second kappa shape index (κ2) is 19.9. The number of H-pyrrole nitrogens is 1. The Bertz CT molecular complexity index is 2470. The van der Waals surface area contributed by atoms with Gasteiger partial charge in [0.05, 0.1) is 57.9 Å². The summed E-state index contributed by atoms with van der Waals surface area (Å²) in [5, 5.41) is 21.1. The number of aromatic nitrogens is 3. The minimum atomic E-state index is -0.538. The Kier molecular flexibility index (Phi) is 14.0. The van der Waals surface area contributed by atoms with E-state index in [9.17, 15) is 19.5 Å². The molecule has 14 nitrogen and oxygen atoms in total. The number of nitrogens with one attached hydrogen (secondary N) is 4. The molecule has 14 heteroatoms. The Balaban J connectivity index is 0.851. The van der Waals surface area contributed by atoms with Crippen LogP contribution in [0, 0.1) is 0 Å². The van der Waals surface area contributed by atoms with Crippen molar-refractivity contribution >= 4 is 39.7 Å². The molecule has 7 rings (SSSR count). The van der Waals surface area contributed by atoms with Gasteiger partial charge in [0.15, 0.2) is 0 Å². The lowest BCUT2D eigenvalue weighted by Gasteiger charge is -2.19. The van der Waals surface area contributed by atoms with E-state index in [-0.39, 0.29) is 23.6 Å². The van der Waals surface area contributed by atoms with Gasteiger partial charge < -0.3 is 49.6 Å². The number of rotatable bonds is 20. The number of aryl methyl sites for hydroxylation is 2. The first-order valence-electron chi connectivity index (χ1n) is 20.8. The Morgan fingerprint density at radius 3 is 2.39 bits per heavy atom. The van der Waals surface area contributed by atoms with E-state index in [2.05, 4.69) is 66.9 Å². The summed E-state index contributed by atoms with van der Waals surface area (Å²) in [6.07, 6.45) is 5.74. The van der Waals surface area contributed by atoms with E-state index < -0.39 is 11.7 Å². The van der Waals surface area contributed by atoms with Crippen LogP contribution >= 0.6 is 0 Å². The number of ether oxygens (including phenoxy) is 4. The van der Waals surface area contributed by atoms with Crippen LogP contribution in [0.1, 0.15) is 82.0 Å². The summed E-state index contributed by atoms with van der Waals surface area (Å²) in [5.41, 5.74) is 7.56. The number of phenols is 1. The fourth-order valence-corrected chi connectivity index (χ4v) is 7.55. The van der Waals surface area contributed by atoms with Gasteiger partial charge in [-0.3, -0.25) is 14.6 Å². The monoisotopic (exact) mass is 830 g/mol. The molecule has 0 aliphatic carbocycles. The van der Waals surface area contributed by atoms with Gasteiger partial charge in [0.25, 0.3) is 11.8 Å². The van der Waals surface area contributed by atoms with E-state index in [0.29, 0.717) is 70.4 Å². The van der Waals surface area contributed by atoms with Crippen molar-refractivity contribution in [3.8, 4) is 5.75 Å². The third kappa shape index (κ3) is 11.3. The average molecular weight is 831 g/mol. The van der Waals surface area contributed by atoms with Crippen molar-refractivity contribution in [2.45, 2.75) is 58.2 Å². The minimum Gasteiger partial charge on any atom is -0.508 e. The van der Waals surface area contributed by atoms with Crippen molar-refractivity contribution in [1.82, 2.24) is 30.5 Å². The van der Waals surface area contributed by atoms with Gasteiger partial charge >= 0.3 is 6.09 Å². The summed E-state index contributed by atoms with van der Waals surface area (Å²) in [5.74, 6) is -0.198. The highest BCUT2D eigenvalue weighted by Crippen LogP contribution is 2.39. The standard InChI is InChI=1S/C47H54N6O8/c1-47(2,3)61-46(57)50-19-22-59-24-26-60-25-23-58-21-18-49-44(55)33-15-17-48-34(28-33)30-53-20-16-32-12-11-31(27-41(32)53)7-6-10-40-42(37-8-4-5-9-39(37)51-40)43-38-29-35(54)13-14-36(38)45(56)52-43/h4-5,8-9,11-17,20,27-29,43,51,54H,6-7,10,18-19,21-26,30H2,1-3H3,(H,49,55)(H,50,57)(H,52,56). The van der Waals surface area contributed by atoms with Crippen LogP contribution in [0.15, 0.2) is 91.3 Å². The first-order chi connectivity index (χ1) is 29.5. The van der Waals surface area contributed by atoms with Crippen LogP contribution < -0.4 is 16.0 Å². The molecular formula is C47H54N6O8. The lowest BCUT2D eigenvalue weighted by atomic mass is 9.94. The zero-order chi connectivity index (χ0) is 42.8. The second-order valence-electron chi connectivity index (χ2n) is 16.0. The quantitative estimate of drug-likeness (QED) is 0.0532. The fraction of sp³-hybridized carbons (Fsp3) is 0.362. The van der Waals surface area contributed by atoms with Gasteiger partial charge in [-0.25, -0.2) is 4.79 Å². The maximum absolute atomic E-state index is 13.0. The summed E-state index contributed by atoms with van der Waals surface area (Å²) in [7, 11) is 0. The molecule has 6 aromatic rings. The second-order valence-corrected chi connectivity index (χ2v) is 16.0. The van der Waals surface area contributed by atoms with Crippen molar-refractivity contribution in [3.05, 3.63) is 130 Å². The zero-order valence-corrected chi connectivity index (χ0v) is 34.9. The Morgan fingerprint density at radius 1 is 0.852 bits per heavy atom. The molecule has 0 fully saturated rings. The molecule has 4 heterocycles. The minimum absolute atomic E-state index is 0.136. The molecule has 3 aromatic heterocycles. The van der Waals surface area contributed by atoms with Crippen LogP contribution in [-0.2, 0) is 38.3 Å².